The Kier molecular flexibility index (Phi) is 23.5. The van der Waals surface area contributed by atoms with Crippen molar-refractivity contribution < 1.29 is 63.1 Å². The second-order valence-corrected chi connectivity index (χ2v) is 18.1. The molecule has 2 aromatic carbocycles. The van der Waals surface area contributed by atoms with Gasteiger partial charge in [0.1, 0.15) is 0 Å². The van der Waals surface area contributed by atoms with E-state index in [1.165, 1.54) is 24.3 Å². The van der Waals surface area contributed by atoms with Crippen molar-refractivity contribution in [2.45, 2.75) is 141 Å². The molecule has 0 fully saturated rings. The molecule has 9 atom stereocenters. The molecule has 0 amide bonds. The molecule has 9 unspecified atom stereocenters. The quantitative estimate of drug-likeness (QED) is 0.0808. The molecule has 0 heterocycles. The van der Waals surface area contributed by atoms with Gasteiger partial charge in [0.15, 0.2) is 0 Å². The summed E-state index contributed by atoms with van der Waals surface area (Å²) < 4.78 is 107. The van der Waals surface area contributed by atoms with Gasteiger partial charge < -0.3 is 37.9 Å². The predicted molar refractivity (Wildman–Crippen MR) is 217 cm³/mol. The van der Waals surface area contributed by atoms with E-state index < -0.39 is 32.4 Å². The number of ether oxygens (including phenoxy) is 8. The monoisotopic (exact) mass is 848 g/mol. The summed E-state index contributed by atoms with van der Waals surface area (Å²) in [5.74, 6) is 0. The van der Waals surface area contributed by atoms with Gasteiger partial charge in [-0.15, -0.1) is 0 Å². The maximum absolute atomic E-state index is 12.5. The van der Waals surface area contributed by atoms with E-state index in [0.717, 1.165) is 11.1 Å². The molecule has 0 aliphatic heterocycles. The summed E-state index contributed by atoms with van der Waals surface area (Å²) >= 11 is 0. The van der Waals surface area contributed by atoms with E-state index in [2.05, 4.69) is 0 Å². The summed E-state index contributed by atoms with van der Waals surface area (Å²) in [6, 6.07) is 13.0. The Hall–Kier alpha value is -2.06. The van der Waals surface area contributed by atoms with Crippen LogP contribution in [-0.2, 0) is 66.5 Å². The molecule has 328 valence electrons. The van der Waals surface area contributed by atoms with Crippen molar-refractivity contribution >= 4 is 20.2 Å². The van der Waals surface area contributed by atoms with Crippen LogP contribution in [0.25, 0.3) is 0 Å². The van der Waals surface area contributed by atoms with Gasteiger partial charge in [-0.1, -0.05) is 35.4 Å². The van der Waals surface area contributed by atoms with Crippen molar-refractivity contribution in [2.75, 3.05) is 59.5 Å². The number of hydrogen-bond acceptors (Lipinski definition) is 14. The first-order valence-electron chi connectivity index (χ1n) is 19.6. The highest BCUT2D eigenvalue weighted by Crippen LogP contribution is 2.16. The van der Waals surface area contributed by atoms with Gasteiger partial charge >= 0.3 is 0 Å². The van der Waals surface area contributed by atoms with Crippen LogP contribution < -0.4 is 0 Å². The molecule has 0 aromatic heterocycles. The van der Waals surface area contributed by atoms with Crippen molar-refractivity contribution in [3.8, 4) is 0 Å². The lowest BCUT2D eigenvalue weighted by atomic mass is 10.2. The van der Waals surface area contributed by atoms with Gasteiger partial charge in [0.05, 0.1) is 124 Å². The van der Waals surface area contributed by atoms with Gasteiger partial charge in [0.25, 0.3) is 20.2 Å². The van der Waals surface area contributed by atoms with Crippen LogP contribution in [0.1, 0.15) is 73.4 Å². The Bertz CT molecular complexity index is 1590. The Morgan fingerprint density at radius 2 is 0.579 bits per heavy atom. The lowest BCUT2D eigenvalue weighted by Crippen LogP contribution is -2.30. The molecular weight excluding hydrogens is 781 g/mol. The van der Waals surface area contributed by atoms with Crippen molar-refractivity contribution in [1.82, 2.24) is 0 Å². The molecule has 0 saturated heterocycles. The zero-order valence-electron chi connectivity index (χ0n) is 35.7. The third-order valence-corrected chi connectivity index (χ3v) is 11.0. The summed E-state index contributed by atoms with van der Waals surface area (Å²) in [4.78, 5) is 0.224. The van der Waals surface area contributed by atoms with E-state index in [0.29, 0.717) is 39.6 Å². The van der Waals surface area contributed by atoms with Crippen LogP contribution in [0, 0.1) is 13.8 Å². The Morgan fingerprint density at radius 3 is 0.860 bits per heavy atom. The standard InChI is InChI=1S/C41H68O14S2/c1-29-12-16-40(17-13-29)56(42,43)54-28-38(10)52-26-36(8)50-24-34(6)48-22-32(4)46-20-31(3)47-21-33(5)49-23-35(7)51-25-37(9)53-27-39(11)55-57(44,45)41-18-14-30(2)15-19-41/h12-19,31-39H,20-28H2,1-11H3. The van der Waals surface area contributed by atoms with Crippen LogP contribution in [0.5, 0.6) is 0 Å². The normalized spacial score (nSPS) is 17.3. The van der Waals surface area contributed by atoms with Crippen LogP contribution in [0.2, 0.25) is 0 Å². The third kappa shape index (κ3) is 22.2. The SMILES string of the molecule is Cc1ccc(S(=O)(=O)OCC(C)OCC(C)OCC(C)OCC(C)OCC(C)OCC(C)OCC(C)OCC(C)OCC(C)OS(=O)(=O)c2ccc(C)cc2)cc1. The number of rotatable bonds is 31. The highest BCUT2D eigenvalue weighted by atomic mass is 32.2. The number of benzene rings is 2. The second kappa shape index (κ2) is 26.2. The summed E-state index contributed by atoms with van der Waals surface area (Å²) in [7, 11) is -7.73. The van der Waals surface area contributed by atoms with Gasteiger partial charge in [-0.2, -0.15) is 16.8 Å². The molecule has 0 aliphatic carbocycles. The van der Waals surface area contributed by atoms with Crippen molar-refractivity contribution in [3.63, 3.8) is 0 Å². The molecule has 0 bridgehead atoms. The van der Waals surface area contributed by atoms with E-state index >= 15 is 0 Å². The summed E-state index contributed by atoms with van der Waals surface area (Å²) in [6.07, 6.45) is -2.44. The highest BCUT2D eigenvalue weighted by molar-refractivity contribution is 7.87. The fraction of sp³-hybridized carbons (Fsp3) is 0.707. The first-order chi connectivity index (χ1) is 26.7. The van der Waals surface area contributed by atoms with Gasteiger partial charge in [-0.3, -0.25) is 8.37 Å². The predicted octanol–water partition coefficient (Wildman–Crippen LogP) is 6.04. The van der Waals surface area contributed by atoms with Gasteiger partial charge in [0.2, 0.25) is 0 Å². The maximum Gasteiger partial charge on any atom is 0.297 e. The fourth-order valence-electron chi connectivity index (χ4n) is 4.75. The average molecular weight is 849 g/mol. The number of aryl methyl sites for hydroxylation is 2. The minimum atomic E-state index is -3.87. The Morgan fingerprint density at radius 1 is 0.351 bits per heavy atom. The molecule has 2 aromatic rings. The minimum absolute atomic E-state index is 0.0974. The molecule has 0 spiro atoms. The topological polar surface area (TPSA) is 161 Å². The van der Waals surface area contributed by atoms with E-state index in [1.54, 1.807) is 38.1 Å². The first-order valence-corrected chi connectivity index (χ1v) is 22.5. The van der Waals surface area contributed by atoms with Crippen LogP contribution in [0.3, 0.4) is 0 Å². The molecule has 0 aliphatic rings. The molecule has 0 N–H and O–H groups in total. The maximum atomic E-state index is 12.5. The molecular formula is C41H68O14S2. The lowest BCUT2D eigenvalue weighted by Gasteiger charge is -2.23. The van der Waals surface area contributed by atoms with Gasteiger partial charge in [-0.05, 0) is 100 Å². The Balaban J connectivity index is 1.49. The van der Waals surface area contributed by atoms with E-state index in [-0.39, 0.29) is 72.3 Å². The van der Waals surface area contributed by atoms with Crippen molar-refractivity contribution in [2.24, 2.45) is 0 Å². The van der Waals surface area contributed by atoms with Gasteiger partial charge in [-0.25, -0.2) is 0 Å². The third-order valence-electron chi connectivity index (χ3n) is 8.29. The van der Waals surface area contributed by atoms with Crippen molar-refractivity contribution in [3.05, 3.63) is 59.7 Å². The largest absolute Gasteiger partial charge is 0.373 e. The summed E-state index contributed by atoms with van der Waals surface area (Å²) in [5, 5.41) is 0. The average Bonchev–Trinajstić information content (AvgIpc) is 3.16. The molecule has 2 rings (SSSR count). The van der Waals surface area contributed by atoms with Crippen LogP contribution in [0.15, 0.2) is 58.3 Å². The zero-order chi connectivity index (χ0) is 42.6. The molecule has 57 heavy (non-hydrogen) atoms. The molecule has 14 nitrogen and oxygen atoms in total. The molecule has 0 saturated carbocycles. The fourth-order valence-corrected chi connectivity index (χ4v) is 6.79. The molecule has 0 radical (unpaired) electrons. The van der Waals surface area contributed by atoms with E-state index in [9.17, 15) is 16.8 Å². The van der Waals surface area contributed by atoms with E-state index in [1.807, 2.05) is 62.3 Å². The van der Waals surface area contributed by atoms with Crippen LogP contribution in [0.4, 0.5) is 0 Å². The van der Waals surface area contributed by atoms with Gasteiger partial charge in [0, 0.05) is 0 Å². The van der Waals surface area contributed by atoms with Crippen LogP contribution >= 0.6 is 0 Å². The first kappa shape index (κ1) is 51.1. The minimum Gasteiger partial charge on any atom is -0.373 e. The smallest absolute Gasteiger partial charge is 0.297 e. The summed E-state index contributed by atoms with van der Waals surface area (Å²) in [6.45, 7) is 23.0. The van der Waals surface area contributed by atoms with Crippen LogP contribution in [-0.4, -0.2) is 131 Å². The highest BCUT2D eigenvalue weighted by Gasteiger charge is 2.21. The van der Waals surface area contributed by atoms with Crippen molar-refractivity contribution in [1.29, 1.82) is 0 Å². The summed E-state index contributed by atoms with van der Waals surface area (Å²) in [5.41, 5.74) is 1.93. The number of hydrogen-bond donors (Lipinski definition) is 0. The lowest BCUT2D eigenvalue weighted by molar-refractivity contribution is -0.109. The molecule has 16 heteroatoms. The van der Waals surface area contributed by atoms with E-state index in [4.69, 9.17) is 46.3 Å². The Labute approximate surface area is 342 Å². The second-order valence-electron chi connectivity index (χ2n) is 14.9. The zero-order valence-corrected chi connectivity index (χ0v) is 37.3.